The zero-order valence-corrected chi connectivity index (χ0v) is 15.6. The summed E-state index contributed by atoms with van der Waals surface area (Å²) in [6, 6.07) is 11.9. The highest BCUT2D eigenvalue weighted by Crippen LogP contribution is 2.29. The number of rotatable bonds is 4. The highest BCUT2D eigenvalue weighted by molar-refractivity contribution is 8.00. The van der Waals surface area contributed by atoms with Crippen LogP contribution in [0, 0.1) is 5.92 Å². The molecule has 0 spiro atoms. The molecule has 1 aliphatic heterocycles. The van der Waals surface area contributed by atoms with Gasteiger partial charge in [0.25, 0.3) is 0 Å². The van der Waals surface area contributed by atoms with Crippen molar-refractivity contribution in [2.24, 2.45) is 5.92 Å². The summed E-state index contributed by atoms with van der Waals surface area (Å²) in [6.45, 7) is 4.00. The minimum Gasteiger partial charge on any atom is -0.342 e. The van der Waals surface area contributed by atoms with Crippen LogP contribution in [0.4, 0.5) is 0 Å². The molecule has 5 nitrogen and oxygen atoms in total. The first-order chi connectivity index (χ1) is 12.7. The predicted molar refractivity (Wildman–Crippen MR) is 105 cm³/mol. The largest absolute Gasteiger partial charge is 0.342 e. The van der Waals surface area contributed by atoms with Crippen molar-refractivity contribution in [1.29, 1.82) is 0 Å². The molecular formula is C20H22N4OS. The summed E-state index contributed by atoms with van der Waals surface area (Å²) in [5.74, 6) is 2.13. The molecule has 0 radical (unpaired) electrons. The van der Waals surface area contributed by atoms with Crippen molar-refractivity contribution in [1.82, 2.24) is 19.9 Å². The van der Waals surface area contributed by atoms with E-state index in [0.29, 0.717) is 5.75 Å². The SMILES string of the molecule is CC1CCN(C(=O)CSc2ncccc2-c2nc3ccccc3[nH]2)CC1. The molecule has 1 aromatic carbocycles. The first-order valence-electron chi connectivity index (χ1n) is 9.01. The normalized spacial score (nSPS) is 15.5. The number of likely N-dealkylation sites (tertiary alicyclic amines) is 1. The van der Waals surface area contributed by atoms with E-state index in [1.165, 1.54) is 11.8 Å². The minimum absolute atomic E-state index is 0.197. The number of carbonyl (C=O) groups excluding carboxylic acids is 1. The Kier molecular flexibility index (Phi) is 4.93. The summed E-state index contributed by atoms with van der Waals surface area (Å²) in [7, 11) is 0. The van der Waals surface area contributed by atoms with Gasteiger partial charge in [-0.05, 0) is 43.0 Å². The fourth-order valence-electron chi connectivity index (χ4n) is 3.25. The second kappa shape index (κ2) is 7.50. The van der Waals surface area contributed by atoms with Crippen molar-refractivity contribution >= 4 is 28.7 Å². The van der Waals surface area contributed by atoms with Gasteiger partial charge >= 0.3 is 0 Å². The molecule has 1 fully saturated rings. The number of fused-ring (bicyclic) bond motifs is 1. The van der Waals surface area contributed by atoms with Gasteiger partial charge in [0.1, 0.15) is 10.9 Å². The molecule has 1 saturated heterocycles. The molecule has 0 bridgehead atoms. The molecule has 0 unspecified atom stereocenters. The number of piperidine rings is 1. The van der Waals surface area contributed by atoms with Crippen LogP contribution >= 0.6 is 11.8 Å². The highest BCUT2D eigenvalue weighted by atomic mass is 32.2. The average Bonchev–Trinajstić information content (AvgIpc) is 3.11. The molecule has 0 aliphatic carbocycles. The molecule has 4 rings (SSSR count). The first-order valence-corrected chi connectivity index (χ1v) is 10.00. The molecule has 3 heterocycles. The smallest absolute Gasteiger partial charge is 0.232 e. The number of nitrogens with zero attached hydrogens (tertiary/aromatic N) is 3. The Morgan fingerprint density at radius 1 is 1.23 bits per heavy atom. The third kappa shape index (κ3) is 3.60. The standard InChI is InChI=1S/C20H22N4OS/c1-14-8-11-24(12-9-14)18(25)13-26-20-15(5-4-10-21-20)19-22-16-6-2-3-7-17(16)23-19/h2-7,10,14H,8-9,11-13H2,1H3,(H,22,23). The summed E-state index contributed by atoms with van der Waals surface area (Å²) in [5, 5.41) is 0.838. The molecule has 0 atom stereocenters. The van der Waals surface area contributed by atoms with E-state index in [4.69, 9.17) is 0 Å². The summed E-state index contributed by atoms with van der Waals surface area (Å²) in [6.07, 6.45) is 3.97. The molecule has 2 aromatic heterocycles. The number of hydrogen-bond acceptors (Lipinski definition) is 4. The Morgan fingerprint density at radius 3 is 2.85 bits per heavy atom. The van der Waals surface area contributed by atoms with Gasteiger partial charge in [0.05, 0.1) is 16.8 Å². The maximum Gasteiger partial charge on any atom is 0.232 e. The number of aromatic nitrogens is 3. The number of thioether (sulfide) groups is 1. The zero-order chi connectivity index (χ0) is 17.9. The van der Waals surface area contributed by atoms with Crippen molar-refractivity contribution in [3.63, 3.8) is 0 Å². The highest BCUT2D eigenvalue weighted by Gasteiger charge is 2.21. The maximum atomic E-state index is 12.5. The number of imidazole rings is 1. The van der Waals surface area contributed by atoms with E-state index in [0.717, 1.165) is 59.3 Å². The lowest BCUT2D eigenvalue weighted by molar-refractivity contribution is -0.129. The molecule has 3 aromatic rings. The zero-order valence-electron chi connectivity index (χ0n) is 14.8. The number of amides is 1. The van der Waals surface area contributed by atoms with E-state index in [1.54, 1.807) is 6.20 Å². The van der Waals surface area contributed by atoms with Crippen LogP contribution in [-0.4, -0.2) is 44.6 Å². The Balaban J connectivity index is 1.50. The quantitative estimate of drug-likeness (QED) is 0.710. The fraction of sp³-hybridized carbons (Fsp3) is 0.350. The molecule has 0 saturated carbocycles. The molecule has 1 N–H and O–H groups in total. The Bertz CT molecular complexity index is 882. The van der Waals surface area contributed by atoms with E-state index >= 15 is 0 Å². The summed E-state index contributed by atoms with van der Waals surface area (Å²) in [4.78, 5) is 27.0. The van der Waals surface area contributed by atoms with Gasteiger partial charge in [-0.15, -0.1) is 0 Å². The number of para-hydroxylation sites is 2. The van der Waals surface area contributed by atoms with Crippen molar-refractivity contribution < 1.29 is 4.79 Å². The van der Waals surface area contributed by atoms with E-state index in [1.807, 2.05) is 41.3 Å². The number of carbonyl (C=O) groups is 1. The van der Waals surface area contributed by atoms with E-state index in [-0.39, 0.29) is 5.91 Å². The molecule has 134 valence electrons. The van der Waals surface area contributed by atoms with E-state index in [9.17, 15) is 4.79 Å². The fourth-order valence-corrected chi connectivity index (χ4v) is 4.14. The summed E-state index contributed by atoms with van der Waals surface area (Å²) >= 11 is 1.49. The minimum atomic E-state index is 0.197. The predicted octanol–water partition coefficient (Wildman–Crippen LogP) is 3.98. The molecule has 26 heavy (non-hydrogen) atoms. The Hall–Kier alpha value is -2.34. The monoisotopic (exact) mass is 366 g/mol. The topological polar surface area (TPSA) is 61.9 Å². The van der Waals surface area contributed by atoms with Crippen LogP contribution < -0.4 is 0 Å². The molecule has 1 amide bonds. The van der Waals surface area contributed by atoms with Crippen LogP contribution in [0.25, 0.3) is 22.4 Å². The van der Waals surface area contributed by atoms with Crippen LogP contribution in [-0.2, 0) is 4.79 Å². The first kappa shape index (κ1) is 17.1. The third-order valence-electron chi connectivity index (χ3n) is 4.88. The van der Waals surface area contributed by atoms with Crippen LogP contribution in [0.3, 0.4) is 0 Å². The molecular weight excluding hydrogens is 344 g/mol. The van der Waals surface area contributed by atoms with Crippen LogP contribution in [0.5, 0.6) is 0 Å². The third-order valence-corrected chi connectivity index (χ3v) is 5.87. The number of aromatic amines is 1. The van der Waals surface area contributed by atoms with Crippen LogP contribution in [0.2, 0.25) is 0 Å². The lowest BCUT2D eigenvalue weighted by atomic mass is 9.99. The van der Waals surface area contributed by atoms with Crippen molar-refractivity contribution in [2.75, 3.05) is 18.8 Å². The lowest BCUT2D eigenvalue weighted by Gasteiger charge is -2.30. The maximum absolute atomic E-state index is 12.5. The van der Waals surface area contributed by atoms with Crippen molar-refractivity contribution in [3.05, 3.63) is 42.6 Å². The van der Waals surface area contributed by atoms with Gasteiger partial charge in [0.15, 0.2) is 0 Å². The van der Waals surface area contributed by atoms with Crippen molar-refractivity contribution in [2.45, 2.75) is 24.8 Å². The van der Waals surface area contributed by atoms with Gasteiger partial charge in [-0.2, -0.15) is 0 Å². The number of hydrogen-bond donors (Lipinski definition) is 1. The summed E-state index contributed by atoms with van der Waals surface area (Å²) in [5.41, 5.74) is 2.87. The van der Waals surface area contributed by atoms with Gasteiger partial charge in [0.2, 0.25) is 5.91 Å². The van der Waals surface area contributed by atoms with Crippen molar-refractivity contribution in [3.8, 4) is 11.4 Å². The van der Waals surface area contributed by atoms with Gasteiger partial charge in [-0.25, -0.2) is 9.97 Å². The molecule has 1 aliphatic rings. The van der Waals surface area contributed by atoms with E-state index < -0.39 is 0 Å². The lowest BCUT2D eigenvalue weighted by Crippen LogP contribution is -2.38. The second-order valence-electron chi connectivity index (χ2n) is 6.81. The van der Waals surface area contributed by atoms with Crippen LogP contribution in [0.15, 0.2) is 47.6 Å². The second-order valence-corrected chi connectivity index (χ2v) is 7.77. The average molecular weight is 366 g/mol. The van der Waals surface area contributed by atoms with Gasteiger partial charge < -0.3 is 9.88 Å². The van der Waals surface area contributed by atoms with Gasteiger partial charge in [0, 0.05) is 24.8 Å². The van der Waals surface area contributed by atoms with Crippen LogP contribution in [0.1, 0.15) is 19.8 Å². The number of H-pyrrole nitrogens is 1. The number of benzene rings is 1. The van der Waals surface area contributed by atoms with E-state index in [2.05, 4.69) is 21.9 Å². The number of nitrogens with one attached hydrogen (secondary N) is 1. The Labute approximate surface area is 157 Å². The summed E-state index contributed by atoms with van der Waals surface area (Å²) < 4.78 is 0. The Morgan fingerprint density at radius 2 is 2.04 bits per heavy atom. The van der Waals surface area contributed by atoms with Gasteiger partial charge in [-0.3, -0.25) is 4.79 Å². The number of pyridine rings is 1. The van der Waals surface area contributed by atoms with Gasteiger partial charge in [-0.1, -0.05) is 30.8 Å². The molecule has 6 heteroatoms.